The lowest BCUT2D eigenvalue weighted by Gasteiger charge is -2.31. The molecule has 5 heteroatoms. The lowest BCUT2D eigenvalue weighted by molar-refractivity contribution is 0.135. The van der Waals surface area contributed by atoms with Gasteiger partial charge in [0.15, 0.2) is 0 Å². The minimum absolute atomic E-state index is 0.584. The van der Waals surface area contributed by atoms with Gasteiger partial charge >= 0.3 is 0 Å². The number of piperidine rings is 1. The number of methoxy groups -OCH3 is 1. The van der Waals surface area contributed by atoms with Crippen molar-refractivity contribution in [3.63, 3.8) is 0 Å². The molecule has 0 amide bonds. The quantitative estimate of drug-likeness (QED) is 0.864. The van der Waals surface area contributed by atoms with E-state index in [-0.39, 0.29) is 0 Å². The van der Waals surface area contributed by atoms with Crippen molar-refractivity contribution < 1.29 is 9.26 Å². The molecule has 21 heavy (non-hydrogen) atoms. The molecule has 0 radical (unpaired) electrons. The summed E-state index contributed by atoms with van der Waals surface area (Å²) in [5.41, 5.74) is 0.863. The minimum atomic E-state index is 0.584. The number of rotatable bonds is 4. The lowest BCUT2D eigenvalue weighted by Crippen LogP contribution is -2.36. The maximum atomic E-state index is 5.41. The Labute approximate surface area is 124 Å². The molecule has 1 aromatic carbocycles. The largest absolute Gasteiger partial charge is 0.496 e. The monoisotopic (exact) mass is 287 g/mol. The Hall–Kier alpha value is -1.88. The van der Waals surface area contributed by atoms with Gasteiger partial charge < -0.3 is 9.26 Å². The molecule has 1 aromatic heterocycles. The molecule has 0 saturated carbocycles. The molecule has 1 saturated heterocycles. The number of para-hydroxylation sites is 1. The zero-order valence-electron chi connectivity index (χ0n) is 12.6. The summed E-state index contributed by atoms with van der Waals surface area (Å²) in [6.45, 7) is 4.09. The van der Waals surface area contributed by atoms with Gasteiger partial charge in [0.05, 0.1) is 19.2 Å². The van der Waals surface area contributed by atoms with Gasteiger partial charge in [0, 0.05) is 6.04 Å². The molecule has 0 bridgehead atoms. The van der Waals surface area contributed by atoms with Gasteiger partial charge in [-0.2, -0.15) is 4.98 Å². The van der Waals surface area contributed by atoms with E-state index in [1.54, 1.807) is 7.11 Å². The molecule has 0 aliphatic carbocycles. The minimum Gasteiger partial charge on any atom is -0.496 e. The Morgan fingerprint density at radius 3 is 3.00 bits per heavy atom. The first kappa shape index (κ1) is 14.1. The molecule has 0 spiro atoms. The molecule has 2 aromatic rings. The molecule has 2 heterocycles. The Kier molecular flexibility index (Phi) is 4.20. The van der Waals surface area contributed by atoms with Crippen molar-refractivity contribution in [3.05, 3.63) is 30.2 Å². The summed E-state index contributed by atoms with van der Waals surface area (Å²) >= 11 is 0. The first-order valence-electron chi connectivity index (χ1n) is 7.48. The van der Waals surface area contributed by atoms with Crippen LogP contribution < -0.4 is 4.74 Å². The number of nitrogens with zero attached hydrogens (tertiary/aromatic N) is 3. The molecule has 1 aliphatic rings. The summed E-state index contributed by atoms with van der Waals surface area (Å²) in [5, 5.41) is 4.09. The van der Waals surface area contributed by atoms with Crippen LogP contribution >= 0.6 is 0 Å². The SMILES string of the molecule is COc1ccccc1-c1noc(CN2CCCCC2C)n1. The summed E-state index contributed by atoms with van der Waals surface area (Å²) in [7, 11) is 1.65. The Morgan fingerprint density at radius 1 is 1.33 bits per heavy atom. The fourth-order valence-corrected chi connectivity index (χ4v) is 2.82. The number of benzene rings is 1. The van der Waals surface area contributed by atoms with Crippen LogP contribution in [-0.2, 0) is 6.54 Å². The Balaban J connectivity index is 1.77. The molecule has 1 atom stereocenters. The second-order valence-electron chi connectivity index (χ2n) is 5.53. The van der Waals surface area contributed by atoms with Gasteiger partial charge in [-0.05, 0) is 38.4 Å². The molecule has 3 rings (SSSR count). The maximum absolute atomic E-state index is 5.41. The predicted molar refractivity (Wildman–Crippen MR) is 80.0 cm³/mol. The van der Waals surface area contributed by atoms with Crippen molar-refractivity contribution in [2.75, 3.05) is 13.7 Å². The van der Waals surface area contributed by atoms with E-state index in [4.69, 9.17) is 9.26 Å². The number of likely N-dealkylation sites (tertiary alicyclic amines) is 1. The van der Waals surface area contributed by atoms with Gasteiger partial charge in [-0.15, -0.1) is 0 Å². The van der Waals surface area contributed by atoms with E-state index >= 15 is 0 Å². The summed E-state index contributed by atoms with van der Waals surface area (Å²) in [5.74, 6) is 2.02. The third-order valence-corrected chi connectivity index (χ3v) is 4.09. The van der Waals surface area contributed by atoms with E-state index in [1.807, 2.05) is 24.3 Å². The highest BCUT2D eigenvalue weighted by molar-refractivity contribution is 5.63. The van der Waals surface area contributed by atoms with Gasteiger partial charge in [-0.3, -0.25) is 4.90 Å². The van der Waals surface area contributed by atoms with Gasteiger partial charge in [0.25, 0.3) is 0 Å². The fourth-order valence-electron chi connectivity index (χ4n) is 2.82. The summed E-state index contributed by atoms with van der Waals surface area (Å²) in [6, 6.07) is 8.30. The van der Waals surface area contributed by atoms with Gasteiger partial charge in [0.2, 0.25) is 11.7 Å². The van der Waals surface area contributed by atoms with Crippen LogP contribution in [0.25, 0.3) is 11.4 Å². The van der Waals surface area contributed by atoms with Crippen LogP contribution in [-0.4, -0.2) is 34.7 Å². The summed E-state index contributed by atoms with van der Waals surface area (Å²) in [6.07, 6.45) is 3.80. The number of hydrogen-bond acceptors (Lipinski definition) is 5. The van der Waals surface area contributed by atoms with E-state index < -0.39 is 0 Å². The molecule has 1 aliphatic heterocycles. The second kappa shape index (κ2) is 6.26. The normalized spacial score (nSPS) is 19.6. The van der Waals surface area contributed by atoms with Crippen molar-refractivity contribution in [1.82, 2.24) is 15.0 Å². The van der Waals surface area contributed by atoms with E-state index in [9.17, 15) is 0 Å². The zero-order chi connectivity index (χ0) is 14.7. The van der Waals surface area contributed by atoms with Crippen LogP contribution in [0.5, 0.6) is 5.75 Å². The molecular weight excluding hydrogens is 266 g/mol. The average Bonchev–Trinajstić information content (AvgIpc) is 2.98. The number of aromatic nitrogens is 2. The van der Waals surface area contributed by atoms with E-state index in [0.717, 1.165) is 24.4 Å². The second-order valence-corrected chi connectivity index (χ2v) is 5.53. The summed E-state index contributed by atoms with van der Waals surface area (Å²) < 4.78 is 10.8. The predicted octanol–water partition coefficient (Wildman–Crippen LogP) is 3.12. The van der Waals surface area contributed by atoms with Crippen molar-refractivity contribution >= 4 is 0 Å². The standard InChI is InChI=1S/C16H21N3O2/c1-12-7-5-6-10-19(12)11-15-17-16(18-21-15)13-8-3-4-9-14(13)20-2/h3-4,8-9,12H,5-7,10-11H2,1-2H3. The van der Waals surface area contributed by atoms with Crippen LogP contribution in [0.2, 0.25) is 0 Å². The third kappa shape index (κ3) is 3.08. The van der Waals surface area contributed by atoms with Gasteiger partial charge in [-0.1, -0.05) is 23.7 Å². The molecule has 1 unspecified atom stereocenters. The van der Waals surface area contributed by atoms with Crippen LogP contribution in [0, 0.1) is 0 Å². The third-order valence-electron chi connectivity index (χ3n) is 4.09. The molecular formula is C16H21N3O2. The van der Waals surface area contributed by atoms with Crippen molar-refractivity contribution in [2.24, 2.45) is 0 Å². The van der Waals surface area contributed by atoms with Gasteiger partial charge in [-0.25, -0.2) is 0 Å². The first-order valence-corrected chi connectivity index (χ1v) is 7.48. The Morgan fingerprint density at radius 2 is 2.19 bits per heavy atom. The van der Waals surface area contributed by atoms with E-state index in [2.05, 4.69) is 22.0 Å². The molecule has 5 nitrogen and oxygen atoms in total. The van der Waals surface area contributed by atoms with Crippen molar-refractivity contribution in [2.45, 2.75) is 38.8 Å². The van der Waals surface area contributed by atoms with Crippen molar-refractivity contribution in [1.29, 1.82) is 0 Å². The van der Waals surface area contributed by atoms with Crippen LogP contribution in [0.3, 0.4) is 0 Å². The molecule has 1 fully saturated rings. The summed E-state index contributed by atoms with van der Waals surface area (Å²) in [4.78, 5) is 6.92. The molecule has 112 valence electrons. The highest BCUT2D eigenvalue weighted by Gasteiger charge is 2.21. The number of ether oxygens (including phenoxy) is 1. The number of hydrogen-bond donors (Lipinski definition) is 0. The maximum Gasteiger partial charge on any atom is 0.241 e. The van der Waals surface area contributed by atoms with E-state index in [1.165, 1.54) is 19.3 Å². The van der Waals surface area contributed by atoms with Crippen LogP contribution in [0.4, 0.5) is 0 Å². The van der Waals surface area contributed by atoms with E-state index in [0.29, 0.717) is 17.8 Å². The first-order chi connectivity index (χ1) is 10.3. The fraction of sp³-hybridized carbons (Fsp3) is 0.500. The zero-order valence-corrected chi connectivity index (χ0v) is 12.6. The molecule has 0 N–H and O–H groups in total. The highest BCUT2D eigenvalue weighted by Crippen LogP contribution is 2.27. The van der Waals surface area contributed by atoms with Crippen molar-refractivity contribution in [3.8, 4) is 17.1 Å². The Bertz CT molecular complexity index is 597. The highest BCUT2D eigenvalue weighted by atomic mass is 16.5. The van der Waals surface area contributed by atoms with Gasteiger partial charge in [0.1, 0.15) is 5.75 Å². The smallest absolute Gasteiger partial charge is 0.241 e. The average molecular weight is 287 g/mol. The van der Waals surface area contributed by atoms with Crippen LogP contribution in [0.15, 0.2) is 28.8 Å². The topological polar surface area (TPSA) is 51.4 Å². The van der Waals surface area contributed by atoms with Crippen LogP contribution in [0.1, 0.15) is 32.1 Å². The lowest BCUT2D eigenvalue weighted by atomic mass is 10.0.